The zero-order valence-corrected chi connectivity index (χ0v) is 12.9. The van der Waals surface area contributed by atoms with Crippen LogP contribution in [0.3, 0.4) is 0 Å². The van der Waals surface area contributed by atoms with Gasteiger partial charge in [0.25, 0.3) is 0 Å². The van der Waals surface area contributed by atoms with Gasteiger partial charge in [0.15, 0.2) is 0 Å². The van der Waals surface area contributed by atoms with E-state index in [0.29, 0.717) is 6.04 Å². The van der Waals surface area contributed by atoms with Crippen LogP contribution in [0.4, 0.5) is 4.79 Å². The largest absolute Gasteiger partial charge is 0.444 e. The van der Waals surface area contributed by atoms with Crippen LogP contribution < -0.4 is 10.6 Å². The Morgan fingerprint density at radius 3 is 2.16 bits per heavy atom. The Kier molecular flexibility index (Phi) is 4.85. The molecule has 1 aliphatic carbocycles. The summed E-state index contributed by atoms with van der Waals surface area (Å²) in [4.78, 5) is 11.6. The molecular weight excluding hydrogens is 244 g/mol. The van der Waals surface area contributed by atoms with E-state index in [1.165, 1.54) is 0 Å². The van der Waals surface area contributed by atoms with Crippen LogP contribution in [0.25, 0.3) is 0 Å². The van der Waals surface area contributed by atoms with Gasteiger partial charge < -0.3 is 20.5 Å². The molecule has 0 saturated heterocycles. The van der Waals surface area contributed by atoms with Gasteiger partial charge in [-0.15, -0.1) is 0 Å². The van der Waals surface area contributed by atoms with E-state index in [1.807, 2.05) is 27.7 Å². The molecule has 112 valence electrons. The van der Waals surface area contributed by atoms with Crippen molar-refractivity contribution in [1.29, 1.82) is 0 Å². The van der Waals surface area contributed by atoms with Crippen LogP contribution in [-0.2, 0) is 4.74 Å². The number of hydrogen-bond donors (Lipinski definition) is 3. The zero-order valence-electron chi connectivity index (χ0n) is 12.9. The maximum Gasteiger partial charge on any atom is 0.407 e. The van der Waals surface area contributed by atoms with E-state index in [4.69, 9.17) is 4.74 Å². The van der Waals surface area contributed by atoms with Gasteiger partial charge >= 0.3 is 6.09 Å². The molecule has 1 amide bonds. The molecule has 0 spiro atoms. The molecule has 1 saturated carbocycles. The lowest BCUT2D eigenvalue weighted by atomic mass is 9.85. The Balaban J connectivity index is 2.22. The van der Waals surface area contributed by atoms with Gasteiger partial charge in [0, 0.05) is 18.1 Å². The van der Waals surface area contributed by atoms with Gasteiger partial charge in [0.05, 0.1) is 5.60 Å². The molecule has 0 aromatic rings. The maximum atomic E-state index is 11.6. The third-order valence-corrected chi connectivity index (χ3v) is 3.40. The van der Waals surface area contributed by atoms with Crippen molar-refractivity contribution in [3.05, 3.63) is 0 Å². The van der Waals surface area contributed by atoms with Crippen molar-refractivity contribution in [2.24, 2.45) is 0 Å². The highest BCUT2D eigenvalue weighted by Crippen LogP contribution is 2.22. The average Bonchev–Trinajstić information content (AvgIpc) is 2.09. The topological polar surface area (TPSA) is 70.6 Å². The highest BCUT2D eigenvalue weighted by atomic mass is 16.6. The van der Waals surface area contributed by atoms with Gasteiger partial charge in [-0.25, -0.2) is 4.79 Å². The summed E-state index contributed by atoms with van der Waals surface area (Å²) in [5, 5.41) is 16.1. The molecule has 1 unspecified atom stereocenters. The lowest BCUT2D eigenvalue weighted by molar-refractivity contribution is 0.0282. The number of amides is 1. The summed E-state index contributed by atoms with van der Waals surface area (Å²) in [7, 11) is 0. The van der Waals surface area contributed by atoms with Crippen LogP contribution >= 0.6 is 0 Å². The Hall–Kier alpha value is -0.810. The summed E-state index contributed by atoms with van der Waals surface area (Å²) < 4.78 is 5.20. The third-order valence-electron chi connectivity index (χ3n) is 3.40. The van der Waals surface area contributed by atoms with E-state index in [2.05, 4.69) is 10.6 Å². The van der Waals surface area contributed by atoms with E-state index in [9.17, 15) is 9.90 Å². The molecule has 3 N–H and O–H groups in total. The van der Waals surface area contributed by atoms with Crippen LogP contribution in [0.1, 0.15) is 54.4 Å². The number of carbonyl (C=O) groups is 1. The van der Waals surface area contributed by atoms with Crippen molar-refractivity contribution in [2.45, 2.75) is 83.7 Å². The van der Waals surface area contributed by atoms with E-state index in [1.54, 1.807) is 13.8 Å². The first-order valence-electron chi connectivity index (χ1n) is 6.95. The quantitative estimate of drug-likeness (QED) is 0.729. The molecule has 0 aromatic heterocycles. The first kappa shape index (κ1) is 16.2. The van der Waals surface area contributed by atoms with E-state index in [-0.39, 0.29) is 18.2 Å². The first-order valence-corrected chi connectivity index (χ1v) is 6.95. The third kappa shape index (κ3) is 5.78. The number of alkyl carbamates (subject to hydrolysis) is 1. The molecule has 5 heteroatoms. The minimum atomic E-state index is -0.732. The maximum absolute atomic E-state index is 11.6. The average molecular weight is 272 g/mol. The van der Waals surface area contributed by atoms with Crippen molar-refractivity contribution in [3.63, 3.8) is 0 Å². The Labute approximate surface area is 116 Å². The van der Waals surface area contributed by atoms with Gasteiger partial charge in [0.1, 0.15) is 5.60 Å². The Morgan fingerprint density at radius 2 is 1.74 bits per heavy atom. The highest BCUT2D eigenvalue weighted by Gasteiger charge is 2.34. The van der Waals surface area contributed by atoms with Crippen molar-refractivity contribution in [1.82, 2.24) is 10.6 Å². The van der Waals surface area contributed by atoms with Crippen molar-refractivity contribution in [3.8, 4) is 0 Å². The van der Waals surface area contributed by atoms with Crippen molar-refractivity contribution in [2.75, 3.05) is 0 Å². The highest BCUT2D eigenvalue weighted by molar-refractivity contribution is 5.68. The lowest BCUT2D eigenvalue weighted by Crippen LogP contribution is -2.58. The van der Waals surface area contributed by atoms with Crippen LogP contribution in [0.15, 0.2) is 0 Å². The van der Waals surface area contributed by atoms with Gasteiger partial charge in [-0.05, 0) is 54.4 Å². The molecule has 19 heavy (non-hydrogen) atoms. The molecule has 0 radical (unpaired) electrons. The van der Waals surface area contributed by atoms with Gasteiger partial charge in [0.2, 0.25) is 0 Å². The molecule has 5 nitrogen and oxygen atoms in total. The minimum Gasteiger partial charge on any atom is -0.444 e. The normalized spacial score (nSPS) is 25.4. The Bertz CT molecular complexity index is 312. The summed E-state index contributed by atoms with van der Waals surface area (Å²) in [5.41, 5.74) is -1.19. The van der Waals surface area contributed by atoms with E-state index in [0.717, 1.165) is 12.8 Å². The lowest BCUT2D eigenvalue weighted by Gasteiger charge is -2.40. The van der Waals surface area contributed by atoms with Gasteiger partial charge in [-0.3, -0.25) is 0 Å². The summed E-state index contributed by atoms with van der Waals surface area (Å²) in [5.74, 6) is 0. The molecule has 1 rings (SSSR count). The van der Waals surface area contributed by atoms with Crippen LogP contribution in [-0.4, -0.2) is 40.5 Å². The molecule has 1 atom stereocenters. The molecule has 0 aromatic carbocycles. The van der Waals surface area contributed by atoms with Crippen LogP contribution in [0, 0.1) is 0 Å². The van der Waals surface area contributed by atoms with E-state index >= 15 is 0 Å². The molecule has 0 aliphatic heterocycles. The van der Waals surface area contributed by atoms with Crippen LogP contribution in [0.5, 0.6) is 0 Å². The summed E-state index contributed by atoms with van der Waals surface area (Å²) in [6.45, 7) is 11.1. The Morgan fingerprint density at radius 1 is 1.21 bits per heavy atom. The summed E-state index contributed by atoms with van der Waals surface area (Å²) in [6.07, 6.45) is 1.39. The second-order valence-electron chi connectivity index (χ2n) is 7.05. The minimum absolute atomic E-state index is 0.0278. The predicted octanol–water partition coefficient (Wildman–Crippen LogP) is 1.79. The summed E-state index contributed by atoms with van der Waals surface area (Å²) in [6, 6.07) is 0.544. The summed E-state index contributed by atoms with van der Waals surface area (Å²) >= 11 is 0. The zero-order chi connectivity index (χ0) is 14.8. The molecule has 1 aliphatic rings. The number of carbonyl (C=O) groups excluding carboxylic acids is 1. The monoisotopic (exact) mass is 272 g/mol. The first-order chi connectivity index (χ1) is 8.47. The van der Waals surface area contributed by atoms with E-state index < -0.39 is 11.2 Å². The fourth-order valence-corrected chi connectivity index (χ4v) is 1.90. The number of rotatable bonds is 4. The van der Waals surface area contributed by atoms with Crippen LogP contribution in [0.2, 0.25) is 0 Å². The number of ether oxygens (including phenoxy) is 1. The number of hydrogen-bond acceptors (Lipinski definition) is 4. The molecule has 0 heterocycles. The second kappa shape index (κ2) is 5.67. The second-order valence-corrected chi connectivity index (χ2v) is 7.05. The van der Waals surface area contributed by atoms with Crippen molar-refractivity contribution < 1.29 is 14.6 Å². The predicted molar refractivity (Wildman–Crippen MR) is 75.1 cm³/mol. The molecular formula is C14H28N2O3. The fraction of sp³-hybridized carbons (Fsp3) is 0.929. The number of nitrogens with one attached hydrogen (secondary N) is 2. The molecule has 1 fully saturated rings. The smallest absolute Gasteiger partial charge is 0.407 e. The standard InChI is InChI=1S/C14H28N2O3/c1-9(14(5,6)18)15-10-7-11(8-10)16-12(17)19-13(2,3)4/h9-11,15,18H,7-8H2,1-6H3,(H,16,17). The van der Waals surface area contributed by atoms with Gasteiger partial charge in [-0.1, -0.05) is 0 Å². The van der Waals surface area contributed by atoms with Crippen molar-refractivity contribution >= 4 is 6.09 Å². The van der Waals surface area contributed by atoms with Gasteiger partial charge in [-0.2, -0.15) is 0 Å². The SMILES string of the molecule is CC(NC1CC(NC(=O)OC(C)(C)C)C1)C(C)(C)O. The fourth-order valence-electron chi connectivity index (χ4n) is 1.90. The number of aliphatic hydroxyl groups is 1. The molecule has 0 bridgehead atoms.